The Labute approximate surface area is 208 Å². The van der Waals surface area contributed by atoms with Gasteiger partial charge in [0.2, 0.25) is 5.91 Å². The molecule has 11 heteroatoms. The Morgan fingerprint density at radius 2 is 1.94 bits per heavy atom. The van der Waals surface area contributed by atoms with E-state index < -0.39 is 6.04 Å². The van der Waals surface area contributed by atoms with Crippen LogP contribution in [0.25, 0.3) is 0 Å². The number of nitrogens with zero attached hydrogens (tertiary/aromatic N) is 3. The quantitative estimate of drug-likeness (QED) is 0.353. The monoisotopic (exact) mass is 555 g/mol. The first kappa shape index (κ1) is 24.6. The Morgan fingerprint density at radius 3 is 2.62 bits per heavy atom. The molecular formula is C21H20BrCl2N5O2S. The number of hydrogen-bond donors (Lipinski definition) is 2. The van der Waals surface area contributed by atoms with Gasteiger partial charge in [-0.25, -0.2) is 0 Å². The number of anilines is 1. The van der Waals surface area contributed by atoms with Crippen molar-refractivity contribution in [2.24, 2.45) is 0 Å². The highest BCUT2D eigenvalue weighted by atomic mass is 79.9. The van der Waals surface area contributed by atoms with Crippen LogP contribution >= 0.6 is 50.9 Å². The Kier molecular flexibility index (Phi) is 8.58. The van der Waals surface area contributed by atoms with Gasteiger partial charge in [-0.1, -0.05) is 57.0 Å². The van der Waals surface area contributed by atoms with E-state index in [-0.39, 0.29) is 17.6 Å². The topological polar surface area (TPSA) is 88.9 Å². The summed E-state index contributed by atoms with van der Waals surface area (Å²) >= 11 is 16.6. The number of amides is 2. The summed E-state index contributed by atoms with van der Waals surface area (Å²) in [5, 5.41) is 15.5. The standard InChI is InChI=1S/C21H20BrCl2N5O2S/c1-3-29-19(12(2)25-20(31)13-7-8-16(23)17(24)9-13)27-28-21(29)32-11-18(30)26-15-6-4-5-14(22)10-15/h4-10,12H,3,11H2,1-2H3,(H,25,31)(H,26,30). The van der Waals surface area contributed by atoms with Crippen LogP contribution in [-0.4, -0.2) is 32.3 Å². The second-order valence-corrected chi connectivity index (χ2v) is 9.43. The minimum atomic E-state index is -0.408. The van der Waals surface area contributed by atoms with Crippen molar-refractivity contribution in [1.29, 1.82) is 0 Å². The number of nitrogens with one attached hydrogen (secondary N) is 2. The van der Waals surface area contributed by atoms with Gasteiger partial charge in [-0.2, -0.15) is 0 Å². The molecule has 3 aromatic rings. The van der Waals surface area contributed by atoms with Gasteiger partial charge in [0.1, 0.15) is 0 Å². The van der Waals surface area contributed by atoms with Crippen molar-refractivity contribution in [3.63, 3.8) is 0 Å². The Hall–Kier alpha value is -2.07. The van der Waals surface area contributed by atoms with Crippen molar-refractivity contribution in [3.8, 4) is 0 Å². The number of rotatable bonds is 8. The van der Waals surface area contributed by atoms with Gasteiger partial charge in [-0.3, -0.25) is 9.59 Å². The largest absolute Gasteiger partial charge is 0.342 e. The zero-order valence-electron chi connectivity index (χ0n) is 17.2. The lowest BCUT2D eigenvalue weighted by Gasteiger charge is -2.15. The second kappa shape index (κ2) is 11.2. The number of halogens is 3. The normalized spacial score (nSPS) is 11.8. The summed E-state index contributed by atoms with van der Waals surface area (Å²) in [6.45, 7) is 4.36. The summed E-state index contributed by atoms with van der Waals surface area (Å²) in [5.74, 6) is 0.315. The Balaban J connectivity index is 1.63. The molecule has 1 unspecified atom stereocenters. The third-order valence-electron chi connectivity index (χ3n) is 4.42. The van der Waals surface area contributed by atoms with Gasteiger partial charge < -0.3 is 15.2 Å². The van der Waals surface area contributed by atoms with E-state index in [0.717, 1.165) is 4.47 Å². The van der Waals surface area contributed by atoms with E-state index in [0.29, 0.717) is 38.8 Å². The lowest BCUT2D eigenvalue weighted by atomic mass is 10.2. The van der Waals surface area contributed by atoms with Crippen LogP contribution in [0.15, 0.2) is 52.1 Å². The molecule has 1 aromatic heterocycles. The molecule has 1 atom stereocenters. The summed E-state index contributed by atoms with van der Waals surface area (Å²) in [6, 6.07) is 11.7. The molecule has 0 spiro atoms. The molecule has 0 aliphatic rings. The van der Waals surface area contributed by atoms with Crippen LogP contribution in [0.1, 0.15) is 36.1 Å². The first-order valence-corrected chi connectivity index (χ1v) is 12.2. The van der Waals surface area contributed by atoms with E-state index >= 15 is 0 Å². The maximum absolute atomic E-state index is 12.6. The molecule has 0 saturated heterocycles. The lowest BCUT2D eigenvalue weighted by molar-refractivity contribution is -0.113. The summed E-state index contributed by atoms with van der Waals surface area (Å²) in [6.07, 6.45) is 0. The first-order chi connectivity index (χ1) is 15.3. The highest BCUT2D eigenvalue weighted by Crippen LogP contribution is 2.24. The fourth-order valence-corrected chi connectivity index (χ4v) is 4.41. The molecular weight excluding hydrogens is 537 g/mol. The number of carbonyl (C=O) groups is 2. The van der Waals surface area contributed by atoms with E-state index in [2.05, 4.69) is 36.8 Å². The van der Waals surface area contributed by atoms with Crippen LogP contribution in [0.5, 0.6) is 0 Å². The predicted molar refractivity (Wildman–Crippen MR) is 132 cm³/mol. The van der Waals surface area contributed by atoms with Crippen molar-refractivity contribution in [2.45, 2.75) is 31.6 Å². The van der Waals surface area contributed by atoms with Gasteiger partial charge in [0.25, 0.3) is 5.91 Å². The average Bonchev–Trinajstić information content (AvgIpc) is 3.17. The van der Waals surface area contributed by atoms with Crippen LogP contribution in [0, 0.1) is 0 Å². The van der Waals surface area contributed by atoms with Crippen molar-refractivity contribution >= 4 is 68.4 Å². The fraction of sp³-hybridized carbons (Fsp3) is 0.238. The highest BCUT2D eigenvalue weighted by Gasteiger charge is 2.20. The Bertz CT molecular complexity index is 1140. The molecule has 2 amide bonds. The number of thioether (sulfide) groups is 1. The second-order valence-electron chi connectivity index (χ2n) is 6.76. The maximum Gasteiger partial charge on any atom is 0.251 e. The minimum Gasteiger partial charge on any atom is -0.342 e. The van der Waals surface area contributed by atoms with Gasteiger partial charge in [-0.05, 0) is 50.2 Å². The van der Waals surface area contributed by atoms with E-state index in [1.54, 1.807) is 12.1 Å². The molecule has 168 valence electrons. The number of carbonyl (C=O) groups excluding carboxylic acids is 2. The van der Waals surface area contributed by atoms with E-state index in [4.69, 9.17) is 23.2 Å². The van der Waals surface area contributed by atoms with Crippen molar-refractivity contribution < 1.29 is 9.59 Å². The van der Waals surface area contributed by atoms with Crippen molar-refractivity contribution in [3.05, 3.63) is 68.4 Å². The molecule has 0 bridgehead atoms. The summed E-state index contributed by atoms with van der Waals surface area (Å²) in [4.78, 5) is 24.9. The number of hydrogen-bond acceptors (Lipinski definition) is 5. The van der Waals surface area contributed by atoms with Gasteiger partial charge in [0, 0.05) is 22.3 Å². The van der Waals surface area contributed by atoms with Crippen LogP contribution < -0.4 is 10.6 Å². The molecule has 7 nitrogen and oxygen atoms in total. The average molecular weight is 557 g/mol. The van der Waals surface area contributed by atoms with Crippen LogP contribution in [0.4, 0.5) is 5.69 Å². The van der Waals surface area contributed by atoms with Crippen LogP contribution in [0.2, 0.25) is 10.0 Å². The minimum absolute atomic E-state index is 0.152. The third-order valence-corrected chi connectivity index (χ3v) is 6.62. The highest BCUT2D eigenvalue weighted by molar-refractivity contribution is 9.10. The van der Waals surface area contributed by atoms with Crippen LogP contribution in [-0.2, 0) is 11.3 Å². The van der Waals surface area contributed by atoms with Crippen molar-refractivity contribution in [1.82, 2.24) is 20.1 Å². The summed E-state index contributed by atoms with van der Waals surface area (Å²) in [7, 11) is 0. The Morgan fingerprint density at radius 1 is 1.16 bits per heavy atom. The fourth-order valence-electron chi connectivity index (χ4n) is 2.90. The van der Waals surface area contributed by atoms with Crippen molar-refractivity contribution in [2.75, 3.05) is 11.1 Å². The summed E-state index contributed by atoms with van der Waals surface area (Å²) in [5.41, 5.74) is 1.11. The molecule has 2 N–H and O–H groups in total. The summed E-state index contributed by atoms with van der Waals surface area (Å²) < 4.78 is 2.76. The molecule has 0 aliphatic heterocycles. The number of benzene rings is 2. The van der Waals surface area contributed by atoms with E-state index in [1.807, 2.05) is 42.7 Å². The molecule has 2 aromatic carbocycles. The van der Waals surface area contributed by atoms with E-state index in [9.17, 15) is 9.59 Å². The predicted octanol–water partition coefficient (Wildman–Crippen LogP) is 5.59. The smallest absolute Gasteiger partial charge is 0.251 e. The molecule has 0 aliphatic carbocycles. The lowest BCUT2D eigenvalue weighted by Crippen LogP contribution is -2.28. The SMILES string of the molecule is CCn1c(SCC(=O)Nc2cccc(Br)c2)nnc1C(C)NC(=O)c1ccc(Cl)c(Cl)c1. The molecule has 1 heterocycles. The van der Waals surface area contributed by atoms with Gasteiger partial charge in [-0.15, -0.1) is 10.2 Å². The molecule has 3 rings (SSSR count). The zero-order chi connectivity index (χ0) is 23.3. The van der Waals surface area contributed by atoms with E-state index in [1.165, 1.54) is 17.8 Å². The number of aromatic nitrogens is 3. The molecule has 0 saturated carbocycles. The zero-order valence-corrected chi connectivity index (χ0v) is 21.1. The molecule has 0 radical (unpaired) electrons. The van der Waals surface area contributed by atoms with Gasteiger partial charge >= 0.3 is 0 Å². The molecule has 32 heavy (non-hydrogen) atoms. The third kappa shape index (κ3) is 6.25. The maximum atomic E-state index is 12.6. The van der Waals surface area contributed by atoms with Gasteiger partial charge in [0.15, 0.2) is 11.0 Å². The van der Waals surface area contributed by atoms with Crippen LogP contribution in [0.3, 0.4) is 0 Å². The molecule has 0 fully saturated rings. The first-order valence-electron chi connectivity index (χ1n) is 9.65. The van der Waals surface area contributed by atoms with Gasteiger partial charge in [0.05, 0.1) is 21.8 Å².